The lowest BCUT2D eigenvalue weighted by Crippen LogP contribution is -1.99. The summed E-state index contributed by atoms with van der Waals surface area (Å²) in [7, 11) is 0. The standard InChI is InChI=1S/C14H14ClN3S/c1-19-11-6-4-10(5-7-11)16-13-8-12(15)17-14(18-13)9-2-3-9/h4-9H,2-3H2,1H3,(H,16,17,18). The zero-order chi connectivity index (χ0) is 13.2. The molecular formula is C14H14ClN3S. The molecule has 1 aliphatic carbocycles. The molecular weight excluding hydrogens is 278 g/mol. The first-order valence-corrected chi connectivity index (χ1v) is 7.80. The summed E-state index contributed by atoms with van der Waals surface area (Å²) in [5, 5.41) is 3.77. The molecule has 0 spiro atoms. The SMILES string of the molecule is CSc1ccc(Nc2cc(Cl)nc(C3CC3)n2)cc1. The Morgan fingerprint density at radius 2 is 1.95 bits per heavy atom. The lowest BCUT2D eigenvalue weighted by molar-refractivity contribution is 0.931. The van der Waals surface area contributed by atoms with E-state index in [9.17, 15) is 0 Å². The highest BCUT2D eigenvalue weighted by molar-refractivity contribution is 7.98. The second-order valence-electron chi connectivity index (χ2n) is 4.56. The number of aromatic nitrogens is 2. The van der Waals surface area contributed by atoms with E-state index < -0.39 is 0 Å². The van der Waals surface area contributed by atoms with Crippen molar-refractivity contribution in [2.75, 3.05) is 11.6 Å². The number of benzene rings is 1. The van der Waals surface area contributed by atoms with Gasteiger partial charge in [-0.1, -0.05) is 11.6 Å². The maximum atomic E-state index is 6.04. The van der Waals surface area contributed by atoms with Gasteiger partial charge in [-0.05, 0) is 43.4 Å². The summed E-state index contributed by atoms with van der Waals surface area (Å²) >= 11 is 7.77. The average Bonchev–Trinajstić information content (AvgIpc) is 3.23. The summed E-state index contributed by atoms with van der Waals surface area (Å²) in [6.07, 6.45) is 4.40. The summed E-state index contributed by atoms with van der Waals surface area (Å²) < 4.78 is 0. The number of halogens is 1. The number of hydrogen-bond acceptors (Lipinski definition) is 4. The third-order valence-corrected chi connectivity index (χ3v) is 3.95. The maximum Gasteiger partial charge on any atom is 0.135 e. The van der Waals surface area contributed by atoms with E-state index in [2.05, 4.69) is 33.7 Å². The van der Waals surface area contributed by atoms with E-state index in [-0.39, 0.29) is 0 Å². The number of rotatable bonds is 4. The van der Waals surface area contributed by atoms with Crippen LogP contribution in [0.1, 0.15) is 24.6 Å². The highest BCUT2D eigenvalue weighted by Gasteiger charge is 2.27. The van der Waals surface area contributed by atoms with Gasteiger partial charge in [0.2, 0.25) is 0 Å². The minimum Gasteiger partial charge on any atom is -0.340 e. The van der Waals surface area contributed by atoms with Crippen molar-refractivity contribution in [3.63, 3.8) is 0 Å². The van der Waals surface area contributed by atoms with Crippen molar-refractivity contribution < 1.29 is 0 Å². The van der Waals surface area contributed by atoms with Gasteiger partial charge in [0, 0.05) is 22.6 Å². The second kappa shape index (κ2) is 5.39. The quantitative estimate of drug-likeness (QED) is 0.666. The van der Waals surface area contributed by atoms with Gasteiger partial charge in [-0.25, -0.2) is 9.97 Å². The maximum absolute atomic E-state index is 6.04. The van der Waals surface area contributed by atoms with E-state index in [0.717, 1.165) is 17.3 Å². The van der Waals surface area contributed by atoms with Crippen LogP contribution in [-0.2, 0) is 0 Å². The van der Waals surface area contributed by atoms with E-state index in [1.165, 1.54) is 17.7 Å². The summed E-state index contributed by atoms with van der Waals surface area (Å²) in [4.78, 5) is 10.0. The Labute approximate surface area is 121 Å². The molecule has 0 atom stereocenters. The number of thioether (sulfide) groups is 1. The van der Waals surface area contributed by atoms with Gasteiger partial charge >= 0.3 is 0 Å². The molecule has 0 unspecified atom stereocenters. The molecule has 3 nitrogen and oxygen atoms in total. The lowest BCUT2D eigenvalue weighted by atomic mass is 10.3. The van der Waals surface area contributed by atoms with Gasteiger partial charge in [0.15, 0.2) is 0 Å². The first-order valence-electron chi connectivity index (χ1n) is 6.20. The molecule has 1 saturated carbocycles. The number of hydrogen-bond donors (Lipinski definition) is 1. The average molecular weight is 292 g/mol. The predicted molar refractivity (Wildman–Crippen MR) is 80.5 cm³/mol. The zero-order valence-electron chi connectivity index (χ0n) is 10.6. The number of anilines is 2. The van der Waals surface area contributed by atoms with E-state index >= 15 is 0 Å². The molecule has 0 saturated heterocycles. The molecule has 2 aromatic rings. The van der Waals surface area contributed by atoms with Crippen LogP contribution in [0, 0.1) is 0 Å². The highest BCUT2D eigenvalue weighted by atomic mass is 35.5. The van der Waals surface area contributed by atoms with Crippen molar-refractivity contribution >= 4 is 34.9 Å². The lowest BCUT2D eigenvalue weighted by Gasteiger charge is -2.08. The van der Waals surface area contributed by atoms with E-state index in [1.54, 1.807) is 17.8 Å². The third kappa shape index (κ3) is 3.19. The van der Waals surface area contributed by atoms with Gasteiger partial charge < -0.3 is 5.32 Å². The van der Waals surface area contributed by atoms with Crippen molar-refractivity contribution in [3.05, 3.63) is 41.3 Å². The molecule has 1 N–H and O–H groups in total. The van der Waals surface area contributed by atoms with Crippen molar-refractivity contribution in [1.29, 1.82) is 0 Å². The summed E-state index contributed by atoms with van der Waals surface area (Å²) in [5.74, 6) is 2.12. The molecule has 1 heterocycles. The fourth-order valence-corrected chi connectivity index (χ4v) is 2.44. The molecule has 0 bridgehead atoms. The Bertz CT molecular complexity index is 582. The van der Waals surface area contributed by atoms with Crippen LogP contribution in [0.5, 0.6) is 0 Å². The molecule has 1 fully saturated rings. The fraction of sp³-hybridized carbons (Fsp3) is 0.286. The molecule has 3 rings (SSSR count). The van der Waals surface area contributed by atoms with E-state index in [1.807, 2.05) is 12.1 Å². The van der Waals surface area contributed by atoms with Crippen LogP contribution in [-0.4, -0.2) is 16.2 Å². The van der Waals surface area contributed by atoms with Crippen molar-refractivity contribution in [2.45, 2.75) is 23.7 Å². The molecule has 98 valence electrons. The highest BCUT2D eigenvalue weighted by Crippen LogP contribution is 2.39. The monoisotopic (exact) mass is 291 g/mol. The van der Waals surface area contributed by atoms with Crippen LogP contribution in [0.3, 0.4) is 0 Å². The molecule has 1 aromatic heterocycles. The Kier molecular flexibility index (Phi) is 3.62. The summed E-state index contributed by atoms with van der Waals surface area (Å²) in [6.45, 7) is 0. The Balaban J connectivity index is 1.81. The van der Waals surface area contributed by atoms with Crippen LogP contribution in [0.2, 0.25) is 5.15 Å². The summed E-state index contributed by atoms with van der Waals surface area (Å²) in [5.41, 5.74) is 1.01. The fourth-order valence-electron chi connectivity index (χ4n) is 1.85. The zero-order valence-corrected chi connectivity index (χ0v) is 12.1. The molecule has 0 radical (unpaired) electrons. The van der Waals surface area contributed by atoms with Crippen LogP contribution in [0.4, 0.5) is 11.5 Å². The summed E-state index contributed by atoms with van der Waals surface area (Å²) in [6, 6.07) is 10.0. The van der Waals surface area contributed by atoms with Gasteiger partial charge in [-0.2, -0.15) is 0 Å². The predicted octanol–water partition coefficient (Wildman–Crippen LogP) is 4.47. The molecule has 0 aliphatic heterocycles. The van der Waals surface area contributed by atoms with Gasteiger partial charge in [-0.15, -0.1) is 11.8 Å². The van der Waals surface area contributed by atoms with Crippen LogP contribution in [0.15, 0.2) is 35.2 Å². The van der Waals surface area contributed by atoms with Crippen molar-refractivity contribution in [2.24, 2.45) is 0 Å². The van der Waals surface area contributed by atoms with Crippen molar-refractivity contribution in [1.82, 2.24) is 9.97 Å². The Morgan fingerprint density at radius 1 is 1.21 bits per heavy atom. The van der Waals surface area contributed by atoms with Gasteiger partial charge in [0.05, 0.1) is 0 Å². The Hall–Kier alpha value is -1.26. The first-order chi connectivity index (χ1) is 9.24. The first kappa shape index (κ1) is 12.8. The third-order valence-electron chi connectivity index (χ3n) is 3.02. The Morgan fingerprint density at radius 3 is 2.58 bits per heavy atom. The minimum atomic E-state index is 0.498. The smallest absolute Gasteiger partial charge is 0.135 e. The molecule has 0 amide bonds. The largest absolute Gasteiger partial charge is 0.340 e. The van der Waals surface area contributed by atoms with Gasteiger partial charge in [-0.3, -0.25) is 0 Å². The number of nitrogens with one attached hydrogen (secondary N) is 1. The normalized spacial score (nSPS) is 14.4. The molecule has 5 heteroatoms. The minimum absolute atomic E-state index is 0.498. The topological polar surface area (TPSA) is 37.8 Å². The van der Waals surface area contributed by atoms with Crippen molar-refractivity contribution in [3.8, 4) is 0 Å². The molecule has 1 aromatic carbocycles. The molecule has 19 heavy (non-hydrogen) atoms. The van der Waals surface area contributed by atoms with Crippen LogP contribution in [0.25, 0.3) is 0 Å². The molecule has 1 aliphatic rings. The second-order valence-corrected chi connectivity index (χ2v) is 5.83. The van der Waals surface area contributed by atoms with Gasteiger partial charge in [0.25, 0.3) is 0 Å². The van der Waals surface area contributed by atoms with Crippen LogP contribution < -0.4 is 5.32 Å². The van der Waals surface area contributed by atoms with Crippen LogP contribution >= 0.6 is 23.4 Å². The number of nitrogens with zero attached hydrogens (tertiary/aromatic N) is 2. The van der Waals surface area contributed by atoms with E-state index in [0.29, 0.717) is 11.1 Å². The van der Waals surface area contributed by atoms with E-state index in [4.69, 9.17) is 11.6 Å². The van der Waals surface area contributed by atoms with Gasteiger partial charge in [0.1, 0.15) is 16.8 Å².